The maximum absolute atomic E-state index is 8.80. The van der Waals surface area contributed by atoms with Gasteiger partial charge in [-0.3, -0.25) is 0 Å². The zero-order valence-corrected chi connectivity index (χ0v) is 11.3. The number of nitrogens with one attached hydrogen (secondary N) is 1. The van der Waals surface area contributed by atoms with Crippen LogP contribution in [0.4, 0.5) is 0 Å². The zero-order chi connectivity index (χ0) is 12.0. The summed E-state index contributed by atoms with van der Waals surface area (Å²) in [7, 11) is 1.66. The van der Waals surface area contributed by atoms with Crippen LogP contribution in [0.1, 0.15) is 18.9 Å². The van der Waals surface area contributed by atoms with Crippen LogP contribution in [0.3, 0.4) is 0 Å². The van der Waals surface area contributed by atoms with Crippen molar-refractivity contribution in [3.05, 3.63) is 28.2 Å². The summed E-state index contributed by atoms with van der Waals surface area (Å²) in [4.78, 5) is 0. The third-order valence-corrected chi connectivity index (χ3v) is 3.23. The van der Waals surface area contributed by atoms with Gasteiger partial charge in [-0.15, -0.1) is 0 Å². The molecule has 0 radical (unpaired) electrons. The van der Waals surface area contributed by atoms with Crippen LogP contribution >= 0.6 is 15.9 Å². The van der Waals surface area contributed by atoms with Crippen LogP contribution < -0.4 is 10.1 Å². The lowest BCUT2D eigenvalue weighted by molar-refractivity contribution is 0.268. The number of aliphatic hydroxyl groups is 1. The Hall–Kier alpha value is -0.580. The van der Waals surface area contributed by atoms with Crippen LogP contribution in [0.15, 0.2) is 22.7 Å². The van der Waals surface area contributed by atoms with E-state index in [1.807, 2.05) is 18.2 Å². The van der Waals surface area contributed by atoms with E-state index in [1.165, 1.54) is 0 Å². The smallest absolute Gasteiger partial charge is 0.119 e. The van der Waals surface area contributed by atoms with Gasteiger partial charge in [-0.2, -0.15) is 0 Å². The summed E-state index contributed by atoms with van der Waals surface area (Å²) in [6, 6.07) is 6.21. The monoisotopic (exact) mass is 287 g/mol. The molecule has 0 aromatic heterocycles. The van der Waals surface area contributed by atoms with Crippen molar-refractivity contribution in [3.8, 4) is 5.75 Å². The summed E-state index contributed by atoms with van der Waals surface area (Å²) in [5, 5.41) is 12.1. The number of benzene rings is 1. The molecule has 1 atom stereocenters. The Labute approximate surface area is 105 Å². The van der Waals surface area contributed by atoms with E-state index in [4.69, 9.17) is 9.84 Å². The first-order valence-electron chi connectivity index (χ1n) is 5.34. The second-order valence-electron chi connectivity index (χ2n) is 3.75. The molecule has 0 amide bonds. The van der Waals surface area contributed by atoms with Crippen LogP contribution in [0.2, 0.25) is 0 Å². The molecule has 2 N–H and O–H groups in total. The van der Waals surface area contributed by atoms with Gasteiger partial charge in [-0.05, 0) is 37.1 Å². The number of aliphatic hydroxyl groups excluding tert-OH is 1. The lowest BCUT2D eigenvalue weighted by atomic mass is 10.2. The molecule has 0 unspecified atom stereocenters. The molecule has 0 spiro atoms. The standard InChI is InChI=1S/C12H18BrNO2/c1-9(5-6-15)14-8-10-7-11(16-2)3-4-12(10)13/h3-4,7,9,14-15H,5-6,8H2,1-2H3/t9-/m1/s1. The predicted molar refractivity (Wildman–Crippen MR) is 68.7 cm³/mol. The Balaban J connectivity index is 2.58. The minimum Gasteiger partial charge on any atom is -0.497 e. The first kappa shape index (κ1) is 13.5. The van der Waals surface area contributed by atoms with Crippen molar-refractivity contribution in [2.24, 2.45) is 0 Å². The van der Waals surface area contributed by atoms with Gasteiger partial charge in [0.25, 0.3) is 0 Å². The van der Waals surface area contributed by atoms with Crippen LogP contribution in [-0.4, -0.2) is 24.9 Å². The van der Waals surface area contributed by atoms with E-state index >= 15 is 0 Å². The van der Waals surface area contributed by atoms with Gasteiger partial charge in [0.1, 0.15) is 5.75 Å². The topological polar surface area (TPSA) is 41.5 Å². The molecule has 0 bridgehead atoms. The lowest BCUT2D eigenvalue weighted by Crippen LogP contribution is -2.26. The van der Waals surface area contributed by atoms with Crippen LogP contribution in [0, 0.1) is 0 Å². The predicted octanol–water partition coefficient (Wildman–Crippen LogP) is 2.32. The number of ether oxygens (including phenoxy) is 1. The summed E-state index contributed by atoms with van der Waals surface area (Å²) in [5.74, 6) is 0.856. The molecule has 1 aromatic carbocycles. The lowest BCUT2D eigenvalue weighted by Gasteiger charge is -2.13. The van der Waals surface area contributed by atoms with Crippen molar-refractivity contribution >= 4 is 15.9 Å². The number of hydrogen-bond acceptors (Lipinski definition) is 3. The maximum Gasteiger partial charge on any atom is 0.119 e. The molecule has 16 heavy (non-hydrogen) atoms. The van der Waals surface area contributed by atoms with Gasteiger partial charge in [0.15, 0.2) is 0 Å². The number of halogens is 1. The molecule has 1 rings (SSSR count). The van der Waals surface area contributed by atoms with Crippen molar-refractivity contribution in [3.63, 3.8) is 0 Å². The molecular weight excluding hydrogens is 270 g/mol. The average Bonchev–Trinajstić information content (AvgIpc) is 2.28. The van der Waals surface area contributed by atoms with Crippen molar-refractivity contribution in [1.29, 1.82) is 0 Å². The molecule has 1 aromatic rings. The molecule has 0 aliphatic carbocycles. The quantitative estimate of drug-likeness (QED) is 0.844. The highest BCUT2D eigenvalue weighted by Gasteiger charge is 2.04. The number of methoxy groups -OCH3 is 1. The zero-order valence-electron chi connectivity index (χ0n) is 9.66. The largest absolute Gasteiger partial charge is 0.497 e. The third kappa shape index (κ3) is 4.12. The first-order valence-corrected chi connectivity index (χ1v) is 6.13. The number of hydrogen-bond donors (Lipinski definition) is 2. The normalized spacial score (nSPS) is 12.5. The Morgan fingerprint density at radius 3 is 2.88 bits per heavy atom. The van der Waals surface area contributed by atoms with Crippen LogP contribution in [0.25, 0.3) is 0 Å². The van der Waals surface area contributed by atoms with E-state index in [0.717, 1.165) is 28.8 Å². The van der Waals surface area contributed by atoms with E-state index in [0.29, 0.717) is 6.04 Å². The summed E-state index contributed by atoms with van der Waals surface area (Å²) in [6.07, 6.45) is 0.765. The highest BCUT2D eigenvalue weighted by molar-refractivity contribution is 9.10. The molecule has 0 fully saturated rings. The van der Waals surface area contributed by atoms with E-state index < -0.39 is 0 Å². The fourth-order valence-electron chi connectivity index (χ4n) is 1.39. The summed E-state index contributed by atoms with van der Waals surface area (Å²) >= 11 is 3.50. The van der Waals surface area contributed by atoms with Crippen molar-refractivity contribution in [2.75, 3.05) is 13.7 Å². The Morgan fingerprint density at radius 1 is 1.50 bits per heavy atom. The third-order valence-electron chi connectivity index (χ3n) is 2.46. The van der Waals surface area contributed by atoms with Gasteiger partial charge in [-0.25, -0.2) is 0 Å². The Kier molecular flexibility index (Phi) is 5.80. The SMILES string of the molecule is COc1ccc(Br)c(CN[C@H](C)CCO)c1. The van der Waals surface area contributed by atoms with E-state index in [1.54, 1.807) is 7.11 Å². The highest BCUT2D eigenvalue weighted by atomic mass is 79.9. The van der Waals surface area contributed by atoms with E-state index in [-0.39, 0.29) is 6.61 Å². The highest BCUT2D eigenvalue weighted by Crippen LogP contribution is 2.22. The fourth-order valence-corrected chi connectivity index (χ4v) is 1.78. The fraction of sp³-hybridized carbons (Fsp3) is 0.500. The van der Waals surface area contributed by atoms with Crippen molar-refractivity contribution < 1.29 is 9.84 Å². The van der Waals surface area contributed by atoms with Gasteiger partial charge < -0.3 is 15.2 Å². The second-order valence-corrected chi connectivity index (χ2v) is 4.61. The molecule has 0 heterocycles. The molecule has 0 aliphatic rings. The molecule has 4 heteroatoms. The Morgan fingerprint density at radius 2 is 2.25 bits per heavy atom. The number of rotatable bonds is 6. The van der Waals surface area contributed by atoms with Crippen LogP contribution in [0.5, 0.6) is 5.75 Å². The molecular formula is C12H18BrNO2. The molecule has 0 saturated carbocycles. The van der Waals surface area contributed by atoms with Crippen molar-refractivity contribution in [2.45, 2.75) is 25.9 Å². The molecule has 3 nitrogen and oxygen atoms in total. The van der Waals surface area contributed by atoms with E-state index in [9.17, 15) is 0 Å². The minimum atomic E-state index is 0.216. The molecule has 0 saturated heterocycles. The first-order chi connectivity index (χ1) is 7.67. The van der Waals surface area contributed by atoms with Gasteiger partial charge in [-0.1, -0.05) is 15.9 Å². The molecule has 0 aliphatic heterocycles. The van der Waals surface area contributed by atoms with Gasteiger partial charge in [0.05, 0.1) is 7.11 Å². The second kappa shape index (κ2) is 6.89. The average molecular weight is 288 g/mol. The Bertz CT molecular complexity index is 331. The van der Waals surface area contributed by atoms with Gasteiger partial charge >= 0.3 is 0 Å². The van der Waals surface area contributed by atoms with Crippen molar-refractivity contribution in [1.82, 2.24) is 5.32 Å². The maximum atomic E-state index is 8.80. The minimum absolute atomic E-state index is 0.216. The van der Waals surface area contributed by atoms with Gasteiger partial charge in [0, 0.05) is 23.7 Å². The van der Waals surface area contributed by atoms with E-state index in [2.05, 4.69) is 28.2 Å². The molecule has 90 valence electrons. The van der Waals surface area contributed by atoms with Gasteiger partial charge in [0.2, 0.25) is 0 Å². The summed E-state index contributed by atoms with van der Waals surface area (Å²) in [5.41, 5.74) is 1.16. The van der Waals surface area contributed by atoms with Crippen LogP contribution in [-0.2, 0) is 6.54 Å². The summed E-state index contributed by atoms with van der Waals surface area (Å²) in [6.45, 7) is 3.04. The summed E-state index contributed by atoms with van der Waals surface area (Å²) < 4.78 is 6.24.